The zero-order valence-electron chi connectivity index (χ0n) is 25.0. The molecule has 2 aliphatic heterocycles. The highest BCUT2D eigenvalue weighted by atomic mass is 19.1. The number of aryl methyl sites for hydroxylation is 1. The van der Waals surface area contributed by atoms with Gasteiger partial charge in [0.15, 0.2) is 11.5 Å². The Morgan fingerprint density at radius 3 is 2.48 bits per heavy atom. The minimum absolute atomic E-state index is 0.0512. The minimum atomic E-state index is -0.162. The van der Waals surface area contributed by atoms with Crippen LogP contribution in [0.4, 0.5) is 15.8 Å². The Kier molecular flexibility index (Phi) is 9.97. The number of methoxy groups -OCH3 is 2. The first-order valence-electron chi connectivity index (χ1n) is 15.0. The summed E-state index contributed by atoms with van der Waals surface area (Å²) < 4.78 is 25.7. The molecule has 0 aliphatic carbocycles. The lowest BCUT2D eigenvalue weighted by Crippen LogP contribution is -2.56. The number of piperazine rings is 1. The maximum atomic E-state index is 14.5. The molecule has 3 aromatic carbocycles. The number of hydrogen-bond acceptors (Lipinski definition) is 6. The van der Waals surface area contributed by atoms with Crippen molar-refractivity contribution in [1.82, 2.24) is 9.80 Å². The zero-order chi connectivity index (χ0) is 29.5. The number of nitrogens with one attached hydrogen (secondary N) is 1. The SMILES string of the molecule is COc1cccc(CN2CC[C@H](N3CCN(c4ccccc4F)CC3)[C@H](CCC(=O)Nc3cccc(C)c3)C2)c1OC. The molecule has 2 fully saturated rings. The van der Waals surface area contributed by atoms with Crippen molar-refractivity contribution in [2.24, 2.45) is 5.92 Å². The third-order valence-corrected chi connectivity index (χ3v) is 8.68. The van der Waals surface area contributed by atoms with E-state index in [0.29, 0.717) is 24.1 Å². The molecular formula is C34H43FN4O3. The van der Waals surface area contributed by atoms with Crippen LogP contribution in [0.3, 0.4) is 0 Å². The molecule has 1 N–H and O–H groups in total. The number of amides is 1. The lowest BCUT2D eigenvalue weighted by molar-refractivity contribution is -0.116. The third-order valence-electron chi connectivity index (χ3n) is 8.68. The summed E-state index contributed by atoms with van der Waals surface area (Å²) in [5.41, 5.74) is 3.75. The van der Waals surface area contributed by atoms with Crippen LogP contribution >= 0.6 is 0 Å². The van der Waals surface area contributed by atoms with E-state index in [1.165, 1.54) is 6.07 Å². The summed E-state index contributed by atoms with van der Waals surface area (Å²) in [5, 5.41) is 3.09. The smallest absolute Gasteiger partial charge is 0.224 e. The van der Waals surface area contributed by atoms with Crippen molar-refractivity contribution in [2.75, 3.05) is 63.7 Å². The second-order valence-electron chi connectivity index (χ2n) is 11.4. The summed E-state index contributed by atoms with van der Waals surface area (Å²) in [4.78, 5) is 20.2. The molecule has 0 bridgehead atoms. The standard InChI is InChI=1S/C34H43FN4O3/c1-25-8-6-10-28(22-25)36-33(40)15-14-26-23-37(24-27-9-7-13-32(41-2)34(27)42-3)17-16-30(26)38-18-20-39(21-19-38)31-12-5-4-11-29(31)35/h4-13,22,26,30H,14-21,23-24H2,1-3H3,(H,36,40)/t26-,30+/m1/s1. The van der Waals surface area contributed by atoms with Gasteiger partial charge >= 0.3 is 0 Å². The average molecular weight is 575 g/mol. The van der Waals surface area contributed by atoms with Crippen LogP contribution < -0.4 is 19.7 Å². The normalized spacial score (nSPS) is 19.9. The van der Waals surface area contributed by atoms with Gasteiger partial charge in [0, 0.05) is 63.0 Å². The Labute approximate surface area is 249 Å². The van der Waals surface area contributed by atoms with Crippen LogP contribution in [-0.4, -0.2) is 75.2 Å². The average Bonchev–Trinajstić information content (AvgIpc) is 3.00. The molecular weight excluding hydrogens is 531 g/mol. The molecule has 0 aromatic heterocycles. The van der Waals surface area contributed by atoms with Crippen molar-refractivity contribution in [1.29, 1.82) is 0 Å². The molecule has 0 saturated carbocycles. The quantitative estimate of drug-likeness (QED) is 0.341. The number of nitrogens with zero attached hydrogens (tertiary/aromatic N) is 3. The number of hydrogen-bond donors (Lipinski definition) is 1. The van der Waals surface area contributed by atoms with Gasteiger partial charge in [-0.1, -0.05) is 36.4 Å². The Morgan fingerprint density at radius 2 is 1.74 bits per heavy atom. The van der Waals surface area contributed by atoms with Crippen LogP contribution in [-0.2, 0) is 11.3 Å². The summed E-state index contributed by atoms with van der Waals surface area (Å²) in [6.45, 7) is 8.01. The number of carbonyl (C=O) groups is 1. The maximum absolute atomic E-state index is 14.5. The molecule has 3 aromatic rings. The molecule has 2 saturated heterocycles. The van der Waals surface area contributed by atoms with Gasteiger partial charge in [-0.25, -0.2) is 4.39 Å². The molecule has 8 heteroatoms. The van der Waals surface area contributed by atoms with Gasteiger partial charge < -0.3 is 19.7 Å². The molecule has 1 amide bonds. The Bertz CT molecular complexity index is 1340. The molecule has 0 unspecified atom stereocenters. The Balaban J connectivity index is 1.26. The van der Waals surface area contributed by atoms with Crippen molar-refractivity contribution in [3.63, 3.8) is 0 Å². The zero-order valence-corrected chi connectivity index (χ0v) is 25.0. The fraction of sp³-hybridized carbons (Fsp3) is 0.441. The van der Waals surface area contributed by atoms with Gasteiger partial charge in [0.1, 0.15) is 5.82 Å². The fourth-order valence-corrected chi connectivity index (χ4v) is 6.59. The van der Waals surface area contributed by atoms with Crippen LogP contribution in [0.1, 0.15) is 30.4 Å². The van der Waals surface area contributed by atoms with Gasteiger partial charge in [0.2, 0.25) is 5.91 Å². The lowest BCUT2D eigenvalue weighted by atomic mass is 9.86. The van der Waals surface area contributed by atoms with E-state index in [-0.39, 0.29) is 11.7 Å². The van der Waals surface area contributed by atoms with Crippen molar-refractivity contribution >= 4 is 17.3 Å². The molecule has 224 valence electrons. The van der Waals surface area contributed by atoms with Crippen molar-refractivity contribution in [3.05, 3.63) is 83.7 Å². The van der Waals surface area contributed by atoms with Crippen LogP contribution in [0.2, 0.25) is 0 Å². The van der Waals surface area contributed by atoms with Gasteiger partial charge in [-0.05, 0) is 68.1 Å². The number of likely N-dealkylation sites (tertiary alicyclic amines) is 1. The van der Waals surface area contributed by atoms with E-state index in [2.05, 4.69) is 26.1 Å². The van der Waals surface area contributed by atoms with Gasteiger partial charge in [-0.2, -0.15) is 0 Å². The second-order valence-corrected chi connectivity index (χ2v) is 11.4. The monoisotopic (exact) mass is 574 g/mol. The van der Waals surface area contributed by atoms with E-state index in [9.17, 15) is 9.18 Å². The number of piperidine rings is 1. The number of benzene rings is 3. The first-order valence-corrected chi connectivity index (χ1v) is 15.0. The minimum Gasteiger partial charge on any atom is -0.493 e. The van der Waals surface area contributed by atoms with E-state index in [4.69, 9.17) is 9.47 Å². The van der Waals surface area contributed by atoms with Crippen LogP contribution in [0, 0.1) is 18.7 Å². The molecule has 0 spiro atoms. The van der Waals surface area contributed by atoms with Crippen molar-refractivity contribution < 1.29 is 18.7 Å². The third kappa shape index (κ3) is 7.23. The molecule has 5 rings (SSSR count). The summed E-state index contributed by atoms with van der Waals surface area (Å²) in [6, 6.07) is 21.4. The topological polar surface area (TPSA) is 57.3 Å². The van der Waals surface area contributed by atoms with Crippen molar-refractivity contribution in [2.45, 2.75) is 38.8 Å². The molecule has 7 nitrogen and oxygen atoms in total. The molecule has 42 heavy (non-hydrogen) atoms. The predicted molar refractivity (Wildman–Crippen MR) is 166 cm³/mol. The molecule has 2 heterocycles. The number of halogens is 1. The van der Waals surface area contributed by atoms with Crippen LogP contribution in [0.25, 0.3) is 0 Å². The number of carbonyl (C=O) groups excluding carboxylic acids is 1. The van der Waals surface area contributed by atoms with E-state index < -0.39 is 0 Å². The number of rotatable bonds is 10. The van der Waals surface area contributed by atoms with Crippen LogP contribution in [0.5, 0.6) is 11.5 Å². The second kappa shape index (κ2) is 14.0. The molecule has 2 aliphatic rings. The highest BCUT2D eigenvalue weighted by Gasteiger charge is 2.35. The lowest BCUT2D eigenvalue weighted by Gasteiger charge is -2.47. The van der Waals surface area contributed by atoms with E-state index in [0.717, 1.165) is 87.0 Å². The van der Waals surface area contributed by atoms with Gasteiger partial charge in [0.25, 0.3) is 0 Å². The number of para-hydroxylation sites is 2. The predicted octanol–water partition coefficient (Wildman–Crippen LogP) is 5.58. The van der Waals surface area contributed by atoms with E-state index in [1.807, 2.05) is 55.5 Å². The highest BCUT2D eigenvalue weighted by Crippen LogP contribution is 2.34. The fourth-order valence-electron chi connectivity index (χ4n) is 6.59. The first kappa shape index (κ1) is 29.9. The largest absolute Gasteiger partial charge is 0.493 e. The summed E-state index contributed by atoms with van der Waals surface area (Å²) in [7, 11) is 3.35. The maximum Gasteiger partial charge on any atom is 0.224 e. The number of ether oxygens (including phenoxy) is 2. The van der Waals surface area contributed by atoms with Crippen LogP contribution in [0.15, 0.2) is 66.7 Å². The van der Waals surface area contributed by atoms with E-state index in [1.54, 1.807) is 20.3 Å². The van der Waals surface area contributed by atoms with Crippen molar-refractivity contribution in [3.8, 4) is 11.5 Å². The van der Waals surface area contributed by atoms with E-state index >= 15 is 0 Å². The highest BCUT2D eigenvalue weighted by molar-refractivity contribution is 5.90. The summed E-state index contributed by atoms with van der Waals surface area (Å²) in [5.74, 6) is 1.74. The molecule has 0 radical (unpaired) electrons. The van der Waals surface area contributed by atoms with Gasteiger partial charge in [-0.3, -0.25) is 14.6 Å². The summed E-state index contributed by atoms with van der Waals surface area (Å²) in [6.07, 6.45) is 2.30. The summed E-state index contributed by atoms with van der Waals surface area (Å²) >= 11 is 0. The van der Waals surface area contributed by atoms with Gasteiger partial charge in [0.05, 0.1) is 19.9 Å². The first-order chi connectivity index (χ1) is 20.4. The molecule has 2 atom stereocenters. The Morgan fingerprint density at radius 1 is 0.952 bits per heavy atom. The Hall–Kier alpha value is -3.62. The van der Waals surface area contributed by atoms with Gasteiger partial charge in [-0.15, -0.1) is 0 Å². The number of anilines is 2.